The van der Waals surface area contributed by atoms with E-state index in [9.17, 15) is 28.8 Å². The Bertz CT molecular complexity index is 1440. The lowest BCUT2D eigenvalue weighted by molar-refractivity contribution is -0.145. The Labute approximate surface area is 304 Å². The van der Waals surface area contributed by atoms with Crippen LogP contribution in [0.25, 0.3) is 0 Å². The van der Waals surface area contributed by atoms with Crippen molar-refractivity contribution in [2.75, 3.05) is 26.7 Å². The van der Waals surface area contributed by atoms with Gasteiger partial charge in [-0.05, 0) is 93.7 Å². The number of hydrogen-bond donors (Lipinski definition) is 4. The highest BCUT2D eigenvalue weighted by molar-refractivity contribution is 6.38. The highest BCUT2D eigenvalue weighted by Gasteiger charge is 2.85. The molecule has 0 radical (unpaired) electrons. The number of nitrogens with zero attached hydrogens (tertiary/aromatic N) is 2. The maximum atomic E-state index is 14.9. The van der Waals surface area contributed by atoms with E-state index in [4.69, 9.17) is 0 Å². The van der Waals surface area contributed by atoms with Crippen LogP contribution in [0.3, 0.4) is 0 Å². The molecule has 12 heteroatoms. The monoisotopic (exact) mass is 710 g/mol. The number of ketones is 1. The number of Topliss-reactive ketones (excluding diaryl/α,β-unsaturated/α-hetero) is 1. The molecule has 0 unspecified atom stereocenters. The fourth-order valence-corrected chi connectivity index (χ4v) is 9.62. The highest BCUT2D eigenvalue weighted by atomic mass is 16.2. The van der Waals surface area contributed by atoms with Gasteiger partial charge in [-0.15, -0.1) is 0 Å². The van der Waals surface area contributed by atoms with Crippen LogP contribution in [-0.2, 0) is 28.8 Å². The van der Waals surface area contributed by atoms with E-state index in [2.05, 4.69) is 46.6 Å². The molecule has 5 fully saturated rings. The number of hydrogen-bond acceptors (Lipinski definition) is 7. The van der Waals surface area contributed by atoms with E-state index in [1.807, 2.05) is 34.7 Å². The summed E-state index contributed by atoms with van der Waals surface area (Å²) in [5.74, 6) is -3.18. The first-order valence-electron chi connectivity index (χ1n) is 19.2. The van der Waals surface area contributed by atoms with Gasteiger partial charge in [0.15, 0.2) is 0 Å². The number of piperidine rings is 1. The Kier molecular flexibility index (Phi) is 10.9. The molecule has 5 amide bonds. The molecule has 4 N–H and O–H groups in total. The molecule has 12 nitrogen and oxygen atoms in total. The van der Waals surface area contributed by atoms with Crippen molar-refractivity contribution < 1.29 is 28.8 Å². The summed E-state index contributed by atoms with van der Waals surface area (Å²) < 4.78 is 0. The predicted octanol–water partition coefficient (Wildman–Crippen LogP) is 2.85. The Morgan fingerprint density at radius 1 is 0.922 bits per heavy atom. The van der Waals surface area contributed by atoms with Crippen LogP contribution in [0.2, 0.25) is 0 Å². The van der Waals surface area contributed by atoms with Crippen LogP contribution in [-0.4, -0.2) is 102 Å². The number of likely N-dealkylation sites (tertiary alicyclic amines) is 2. The molecule has 5 rings (SSSR count). The molecule has 3 aliphatic carbocycles. The first kappa shape index (κ1) is 38.9. The third-order valence-electron chi connectivity index (χ3n) is 13.2. The zero-order chi connectivity index (χ0) is 37.7. The molecule has 0 bridgehead atoms. The second kappa shape index (κ2) is 14.3. The van der Waals surface area contributed by atoms with Gasteiger partial charge >= 0.3 is 0 Å². The van der Waals surface area contributed by atoms with Crippen molar-refractivity contribution in [1.82, 2.24) is 31.1 Å². The van der Waals surface area contributed by atoms with Gasteiger partial charge in [0, 0.05) is 24.5 Å². The molecule has 3 saturated carbocycles. The van der Waals surface area contributed by atoms with Crippen molar-refractivity contribution in [2.45, 2.75) is 143 Å². The number of fused-ring (bicyclic) bond motifs is 1. The summed E-state index contributed by atoms with van der Waals surface area (Å²) in [4.78, 5) is 86.1. The van der Waals surface area contributed by atoms with Crippen LogP contribution < -0.4 is 21.3 Å². The molecule has 2 spiro atoms. The van der Waals surface area contributed by atoms with Crippen LogP contribution in [0, 0.1) is 27.6 Å². The second-order valence-electron chi connectivity index (χ2n) is 18.0. The number of carbonyl (C=O) groups is 6. The quantitative estimate of drug-likeness (QED) is 0.169. The largest absolute Gasteiger partial charge is 0.347 e. The number of rotatable bonds is 13. The smallest absolute Gasteiger partial charge is 0.289 e. The predicted molar refractivity (Wildman–Crippen MR) is 194 cm³/mol. The Morgan fingerprint density at radius 3 is 2.10 bits per heavy atom. The molecule has 6 atom stereocenters. The summed E-state index contributed by atoms with van der Waals surface area (Å²) in [5, 5.41) is 11.5. The van der Waals surface area contributed by atoms with E-state index in [-0.39, 0.29) is 40.0 Å². The van der Waals surface area contributed by atoms with Crippen molar-refractivity contribution in [3.63, 3.8) is 0 Å². The summed E-state index contributed by atoms with van der Waals surface area (Å²) in [7, 11) is 1.97. The normalized spacial score (nSPS) is 28.2. The van der Waals surface area contributed by atoms with Crippen molar-refractivity contribution in [3.8, 4) is 0 Å². The maximum absolute atomic E-state index is 14.9. The van der Waals surface area contributed by atoms with Crippen molar-refractivity contribution in [1.29, 1.82) is 0 Å². The van der Waals surface area contributed by atoms with Gasteiger partial charge in [0.05, 0.1) is 12.0 Å². The van der Waals surface area contributed by atoms with Gasteiger partial charge in [-0.2, -0.15) is 0 Å². The van der Waals surface area contributed by atoms with E-state index in [0.717, 1.165) is 51.5 Å². The lowest BCUT2D eigenvalue weighted by atomic mass is 9.73. The fourth-order valence-electron chi connectivity index (χ4n) is 9.62. The maximum Gasteiger partial charge on any atom is 0.289 e. The van der Waals surface area contributed by atoms with Crippen LogP contribution in [0.5, 0.6) is 0 Å². The van der Waals surface area contributed by atoms with E-state index in [0.29, 0.717) is 37.9 Å². The SMILES string of the molecule is C=C(C)[C@H](NC(=O)[C@H]1CCCN(C)C1)C(=O)N[C@H](C(=O)N1C[C@]2(C[C@H]1C(=O)N[C@@H](CCC)C(=O)C(=O)NC1CC1)C(C)(C)C21CCC1)C(C)(C)C. The van der Waals surface area contributed by atoms with Gasteiger partial charge in [-0.1, -0.05) is 61.0 Å². The summed E-state index contributed by atoms with van der Waals surface area (Å²) in [6.07, 6.45) is 7.80. The Morgan fingerprint density at radius 2 is 1.59 bits per heavy atom. The van der Waals surface area contributed by atoms with Gasteiger partial charge < -0.3 is 31.1 Å². The minimum absolute atomic E-state index is 0.00861. The highest BCUT2D eigenvalue weighted by Crippen LogP contribution is 2.88. The Balaban J connectivity index is 1.38. The van der Waals surface area contributed by atoms with E-state index >= 15 is 0 Å². The van der Waals surface area contributed by atoms with Crippen LogP contribution in [0.4, 0.5) is 0 Å². The lowest BCUT2D eigenvalue weighted by Gasteiger charge is -2.37. The van der Waals surface area contributed by atoms with E-state index in [1.165, 1.54) is 0 Å². The molecular formula is C39H62N6O6. The second-order valence-corrected chi connectivity index (χ2v) is 18.0. The zero-order valence-electron chi connectivity index (χ0n) is 32.2. The van der Waals surface area contributed by atoms with Crippen LogP contribution in [0.15, 0.2) is 12.2 Å². The fraction of sp³-hybridized carbons (Fsp3) is 0.795. The molecule has 2 aliphatic heterocycles. The molecular weight excluding hydrogens is 648 g/mol. The molecule has 284 valence electrons. The third kappa shape index (κ3) is 7.22. The first-order valence-corrected chi connectivity index (χ1v) is 19.2. The molecule has 0 aromatic heterocycles. The first-order chi connectivity index (χ1) is 23.8. The third-order valence-corrected chi connectivity index (χ3v) is 13.2. The average molecular weight is 711 g/mol. The number of carbonyl (C=O) groups excluding carboxylic acids is 6. The van der Waals surface area contributed by atoms with E-state index < -0.39 is 53.1 Å². The number of nitrogens with one attached hydrogen (secondary N) is 4. The van der Waals surface area contributed by atoms with Crippen molar-refractivity contribution >= 4 is 35.3 Å². The molecule has 0 aromatic rings. The lowest BCUT2D eigenvalue weighted by Crippen LogP contribution is -2.61. The minimum atomic E-state index is -1.03. The molecule has 2 saturated heterocycles. The van der Waals surface area contributed by atoms with Crippen LogP contribution in [0.1, 0.15) is 113 Å². The summed E-state index contributed by atoms with van der Waals surface area (Å²) in [6, 6.07) is -3.92. The van der Waals surface area contributed by atoms with E-state index in [1.54, 1.807) is 11.8 Å². The van der Waals surface area contributed by atoms with Crippen molar-refractivity contribution in [3.05, 3.63) is 12.2 Å². The van der Waals surface area contributed by atoms with Gasteiger partial charge in [0.2, 0.25) is 29.4 Å². The summed E-state index contributed by atoms with van der Waals surface area (Å²) in [6.45, 7) is 19.5. The summed E-state index contributed by atoms with van der Waals surface area (Å²) in [5.41, 5.74) is -0.658. The zero-order valence-corrected chi connectivity index (χ0v) is 32.2. The standard InChI is InChI=1S/C39H62N6O6/c1-10-13-26(29(46)34(50)40-25-15-16-25)41-32(48)27-20-39(37(7,8)38(39)17-12-18-38)22-45(27)35(51)30(36(4,5)6)43-33(49)28(23(2)3)42-31(47)24-14-11-19-44(9)21-24/h24-28,30H,2,10-22H2,1,3-9H3,(H,40,50)(H,41,48)(H,42,47)(H,43,49)/t24-,26-,27-,28-,30+,39+/m0/s1. The van der Waals surface area contributed by atoms with Gasteiger partial charge in [0.25, 0.3) is 5.91 Å². The van der Waals surface area contributed by atoms with Crippen molar-refractivity contribution in [2.24, 2.45) is 27.6 Å². The van der Waals surface area contributed by atoms with Crippen LogP contribution >= 0.6 is 0 Å². The number of amides is 5. The van der Waals surface area contributed by atoms with Gasteiger partial charge in [-0.25, -0.2) is 0 Å². The van der Waals surface area contributed by atoms with Gasteiger partial charge in [-0.3, -0.25) is 28.8 Å². The topological polar surface area (TPSA) is 157 Å². The molecule has 51 heavy (non-hydrogen) atoms. The molecule has 5 aliphatic rings. The average Bonchev–Trinajstić information content (AvgIpc) is 3.85. The van der Waals surface area contributed by atoms with Gasteiger partial charge in [0.1, 0.15) is 18.1 Å². The Hall–Kier alpha value is -3.28. The molecule has 2 heterocycles. The summed E-state index contributed by atoms with van der Waals surface area (Å²) >= 11 is 0. The molecule has 0 aromatic carbocycles. The minimum Gasteiger partial charge on any atom is -0.347 e.